The highest BCUT2D eigenvalue weighted by Crippen LogP contribution is 2.40. The Morgan fingerprint density at radius 3 is 2.52 bits per heavy atom. The molecule has 29 heavy (non-hydrogen) atoms. The third kappa shape index (κ3) is 3.29. The van der Waals surface area contributed by atoms with E-state index in [1.165, 1.54) is 10.5 Å². The van der Waals surface area contributed by atoms with Gasteiger partial charge in [0.1, 0.15) is 11.4 Å². The molecule has 6 nitrogen and oxygen atoms in total. The highest BCUT2D eigenvalue weighted by atomic mass is 16.5. The topological polar surface area (TPSA) is 59.1 Å². The van der Waals surface area contributed by atoms with Crippen molar-refractivity contribution in [3.63, 3.8) is 0 Å². The standard InChI is InChI=1S/C23H24N2O4/c1-28-15-7-13-25-22(26)20(17-9-4-6-11-19(17)29-2)21(23(25)27)24-14-12-16-8-3-5-10-18(16)24/h3-6,8-11H,7,12-15H2,1-2H3. The van der Waals surface area contributed by atoms with E-state index in [0.29, 0.717) is 48.7 Å². The molecule has 2 aromatic rings. The van der Waals surface area contributed by atoms with Crippen LogP contribution in [0.3, 0.4) is 0 Å². The second-order valence-corrected chi connectivity index (χ2v) is 7.06. The molecule has 150 valence electrons. The molecule has 0 unspecified atom stereocenters. The SMILES string of the molecule is COCCCN1C(=O)C(c2ccccc2OC)=C(N2CCc3ccccc32)C1=O. The first-order chi connectivity index (χ1) is 14.2. The number of imide groups is 1. The van der Waals surface area contributed by atoms with Crippen LogP contribution in [0.15, 0.2) is 54.2 Å². The van der Waals surface area contributed by atoms with Crippen LogP contribution in [0.5, 0.6) is 5.75 Å². The summed E-state index contributed by atoms with van der Waals surface area (Å²) in [6.45, 7) is 1.48. The molecule has 0 N–H and O–H groups in total. The predicted octanol–water partition coefficient (Wildman–Crippen LogP) is 2.87. The number of amides is 2. The van der Waals surface area contributed by atoms with Crippen molar-refractivity contribution in [3.8, 4) is 5.75 Å². The van der Waals surface area contributed by atoms with Crippen LogP contribution in [0.1, 0.15) is 17.5 Å². The number of methoxy groups -OCH3 is 2. The van der Waals surface area contributed by atoms with Crippen LogP contribution in [0.4, 0.5) is 5.69 Å². The van der Waals surface area contributed by atoms with Gasteiger partial charge in [-0.25, -0.2) is 0 Å². The predicted molar refractivity (Wildman–Crippen MR) is 111 cm³/mol. The minimum atomic E-state index is -0.282. The van der Waals surface area contributed by atoms with Gasteiger partial charge in [-0.1, -0.05) is 36.4 Å². The number of hydrogen-bond acceptors (Lipinski definition) is 5. The Hall–Kier alpha value is -3.12. The lowest BCUT2D eigenvalue weighted by Crippen LogP contribution is -2.36. The van der Waals surface area contributed by atoms with E-state index in [1.807, 2.05) is 47.4 Å². The normalized spacial score (nSPS) is 16.1. The fraction of sp³-hybridized carbons (Fsp3) is 0.304. The highest BCUT2D eigenvalue weighted by Gasteiger charge is 2.43. The molecule has 2 amide bonds. The molecule has 0 aliphatic carbocycles. The van der Waals surface area contributed by atoms with Gasteiger partial charge < -0.3 is 14.4 Å². The average molecular weight is 392 g/mol. The number of para-hydroxylation sites is 2. The summed E-state index contributed by atoms with van der Waals surface area (Å²) in [7, 11) is 3.18. The maximum absolute atomic E-state index is 13.4. The number of hydrogen-bond donors (Lipinski definition) is 0. The lowest BCUT2D eigenvalue weighted by atomic mass is 10.0. The van der Waals surface area contributed by atoms with Gasteiger partial charge in [0.2, 0.25) is 0 Å². The van der Waals surface area contributed by atoms with Crippen molar-refractivity contribution in [3.05, 3.63) is 65.4 Å². The molecule has 0 bridgehead atoms. The summed E-state index contributed by atoms with van der Waals surface area (Å²) >= 11 is 0. The lowest BCUT2D eigenvalue weighted by molar-refractivity contribution is -0.137. The van der Waals surface area contributed by atoms with Gasteiger partial charge in [0.15, 0.2) is 0 Å². The maximum atomic E-state index is 13.4. The van der Waals surface area contributed by atoms with Gasteiger partial charge in [0, 0.05) is 38.1 Å². The number of nitrogens with zero attached hydrogens (tertiary/aromatic N) is 2. The molecule has 2 aliphatic heterocycles. The largest absolute Gasteiger partial charge is 0.496 e. The molecule has 0 fully saturated rings. The minimum absolute atomic E-state index is 0.260. The number of carbonyl (C=O) groups is 2. The smallest absolute Gasteiger partial charge is 0.278 e. The van der Waals surface area contributed by atoms with Crippen molar-refractivity contribution < 1.29 is 19.1 Å². The first-order valence-corrected chi connectivity index (χ1v) is 9.75. The van der Waals surface area contributed by atoms with Crippen LogP contribution in [-0.4, -0.2) is 50.6 Å². The van der Waals surface area contributed by atoms with E-state index < -0.39 is 0 Å². The number of rotatable bonds is 7. The molecule has 0 atom stereocenters. The Morgan fingerprint density at radius 2 is 1.72 bits per heavy atom. The summed E-state index contributed by atoms with van der Waals surface area (Å²) in [5, 5.41) is 0. The van der Waals surface area contributed by atoms with Crippen molar-refractivity contribution in [1.29, 1.82) is 0 Å². The van der Waals surface area contributed by atoms with Gasteiger partial charge in [-0.15, -0.1) is 0 Å². The monoisotopic (exact) mass is 392 g/mol. The fourth-order valence-electron chi connectivity index (χ4n) is 4.05. The summed E-state index contributed by atoms with van der Waals surface area (Å²) in [5.41, 5.74) is 3.64. The first kappa shape index (κ1) is 19.2. The Bertz CT molecular complexity index is 982. The molecule has 0 saturated carbocycles. The quantitative estimate of drug-likeness (QED) is 0.536. The first-order valence-electron chi connectivity index (χ1n) is 9.75. The summed E-state index contributed by atoms with van der Waals surface area (Å²) in [6, 6.07) is 15.4. The van der Waals surface area contributed by atoms with E-state index in [1.54, 1.807) is 14.2 Å². The molecule has 2 aliphatic rings. The maximum Gasteiger partial charge on any atom is 0.278 e. The van der Waals surface area contributed by atoms with Gasteiger partial charge in [0.05, 0.1) is 12.7 Å². The molecule has 0 spiro atoms. The fourth-order valence-corrected chi connectivity index (χ4v) is 4.05. The molecule has 2 aromatic carbocycles. The van der Waals surface area contributed by atoms with E-state index in [4.69, 9.17) is 9.47 Å². The summed E-state index contributed by atoms with van der Waals surface area (Å²) in [6.07, 6.45) is 1.43. The second-order valence-electron chi connectivity index (χ2n) is 7.06. The number of carbonyl (C=O) groups excluding carboxylic acids is 2. The Labute approximate surface area is 170 Å². The average Bonchev–Trinajstić information content (AvgIpc) is 3.27. The minimum Gasteiger partial charge on any atom is -0.496 e. The molecule has 0 radical (unpaired) electrons. The Kier molecular flexibility index (Phi) is 5.36. The molecule has 0 saturated heterocycles. The summed E-state index contributed by atoms with van der Waals surface area (Å²) < 4.78 is 10.6. The van der Waals surface area contributed by atoms with Gasteiger partial charge in [-0.05, 0) is 30.5 Å². The zero-order chi connectivity index (χ0) is 20.4. The zero-order valence-electron chi connectivity index (χ0n) is 16.7. The molecule has 2 heterocycles. The number of fused-ring (bicyclic) bond motifs is 1. The van der Waals surface area contributed by atoms with Gasteiger partial charge >= 0.3 is 0 Å². The zero-order valence-corrected chi connectivity index (χ0v) is 16.7. The van der Waals surface area contributed by atoms with E-state index in [2.05, 4.69) is 6.07 Å². The number of benzene rings is 2. The van der Waals surface area contributed by atoms with Crippen LogP contribution in [-0.2, 0) is 20.7 Å². The van der Waals surface area contributed by atoms with Crippen LogP contribution in [0.25, 0.3) is 5.57 Å². The van der Waals surface area contributed by atoms with Crippen molar-refractivity contribution in [2.45, 2.75) is 12.8 Å². The van der Waals surface area contributed by atoms with Gasteiger partial charge in [-0.3, -0.25) is 14.5 Å². The molecular weight excluding hydrogens is 368 g/mol. The molecular formula is C23H24N2O4. The van der Waals surface area contributed by atoms with Crippen LogP contribution in [0.2, 0.25) is 0 Å². The molecule has 0 aromatic heterocycles. The van der Waals surface area contributed by atoms with Crippen molar-refractivity contribution in [1.82, 2.24) is 4.90 Å². The van der Waals surface area contributed by atoms with E-state index in [9.17, 15) is 9.59 Å². The van der Waals surface area contributed by atoms with Crippen molar-refractivity contribution >= 4 is 23.1 Å². The van der Waals surface area contributed by atoms with Crippen LogP contribution in [0, 0.1) is 0 Å². The van der Waals surface area contributed by atoms with Crippen LogP contribution < -0.4 is 9.64 Å². The Balaban J connectivity index is 1.83. The van der Waals surface area contributed by atoms with E-state index in [-0.39, 0.29) is 11.8 Å². The highest BCUT2D eigenvalue weighted by molar-refractivity contribution is 6.37. The van der Waals surface area contributed by atoms with Gasteiger partial charge in [-0.2, -0.15) is 0 Å². The lowest BCUT2D eigenvalue weighted by Gasteiger charge is -2.22. The molecule has 4 rings (SSSR count). The van der Waals surface area contributed by atoms with Crippen LogP contribution >= 0.6 is 0 Å². The Morgan fingerprint density at radius 1 is 0.966 bits per heavy atom. The third-order valence-electron chi connectivity index (χ3n) is 5.41. The van der Waals surface area contributed by atoms with E-state index in [0.717, 1.165) is 12.1 Å². The van der Waals surface area contributed by atoms with Crippen molar-refractivity contribution in [2.24, 2.45) is 0 Å². The summed E-state index contributed by atoms with van der Waals surface area (Å²) in [5.74, 6) is 0.0334. The number of ether oxygens (including phenoxy) is 2. The second kappa shape index (κ2) is 8.09. The van der Waals surface area contributed by atoms with E-state index >= 15 is 0 Å². The third-order valence-corrected chi connectivity index (χ3v) is 5.41. The number of anilines is 1. The summed E-state index contributed by atoms with van der Waals surface area (Å²) in [4.78, 5) is 30.1. The molecule has 6 heteroatoms. The van der Waals surface area contributed by atoms with Crippen molar-refractivity contribution in [2.75, 3.05) is 38.8 Å². The van der Waals surface area contributed by atoms with Gasteiger partial charge in [0.25, 0.3) is 11.8 Å².